The molecule has 0 aliphatic heterocycles. The van der Waals surface area contributed by atoms with Gasteiger partial charge in [-0.15, -0.1) is 0 Å². The van der Waals surface area contributed by atoms with Crippen molar-refractivity contribution in [1.29, 1.82) is 0 Å². The summed E-state index contributed by atoms with van der Waals surface area (Å²) in [6, 6.07) is 2.04. The summed E-state index contributed by atoms with van der Waals surface area (Å²) < 4.78 is 2.29. The number of nitrogens with two attached hydrogens (primary N) is 1. The lowest BCUT2D eigenvalue weighted by Crippen LogP contribution is -2.43. The topological polar surface area (TPSA) is 56.7 Å². The van der Waals surface area contributed by atoms with Crippen LogP contribution in [-0.2, 0) is 12.0 Å². The SMILES string of the molecule is CCn1c(C2(CN)CCC2)nc2cnccc21. The maximum absolute atomic E-state index is 5.98. The molecule has 4 heteroatoms. The summed E-state index contributed by atoms with van der Waals surface area (Å²) in [7, 11) is 0. The van der Waals surface area contributed by atoms with Gasteiger partial charge in [-0.25, -0.2) is 4.98 Å². The highest BCUT2D eigenvalue weighted by Gasteiger charge is 2.41. The van der Waals surface area contributed by atoms with Crippen molar-refractivity contribution < 1.29 is 0 Å². The van der Waals surface area contributed by atoms with Crippen molar-refractivity contribution >= 4 is 11.0 Å². The fourth-order valence-corrected chi connectivity index (χ4v) is 2.83. The Labute approximate surface area is 101 Å². The minimum absolute atomic E-state index is 0.120. The lowest BCUT2D eigenvalue weighted by Gasteiger charge is -2.40. The van der Waals surface area contributed by atoms with Crippen molar-refractivity contribution in [2.45, 2.75) is 38.1 Å². The molecular formula is C13H18N4. The fourth-order valence-electron chi connectivity index (χ4n) is 2.83. The zero-order valence-electron chi connectivity index (χ0n) is 10.2. The Kier molecular flexibility index (Phi) is 2.40. The van der Waals surface area contributed by atoms with E-state index in [1.807, 2.05) is 18.5 Å². The van der Waals surface area contributed by atoms with Crippen LogP contribution in [0.25, 0.3) is 11.0 Å². The number of rotatable bonds is 3. The van der Waals surface area contributed by atoms with E-state index in [-0.39, 0.29) is 5.41 Å². The predicted octanol–water partition coefficient (Wildman–Crippen LogP) is 1.83. The van der Waals surface area contributed by atoms with Crippen LogP contribution in [0.15, 0.2) is 18.5 Å². The van der Waals surface area contributed by atoms with Gasteiger partial charge in [0.15, 0.2) is 0 Å². The summed E-state index contributed by atoms with van der Waals surface area (Å²) in [4.78, 5) is 8.92. The van der Waals surface area contributed by atoms with E-state index in [0.29, 0.717) is 6.54 Å². The van der Waals surface area contributed by atoms with Gasteiger partial charge in [0, 0.05) is 24.7 Å². The van der Waals surface area contributed by atoms with Crippen molar-refractivity contribution in [3.63, 3.8) is 0 Å². The van der Waals surface area contributed by atoms with Gasteiger partial charge in [-0.2, -0.15) is 0 Å². The Hall–Kier alpha value is -1.42. The molecule has 0 aromatic carbocycles. The highest BCUT2D eigenvalue weighted by Crippen LogP contribution is 2.43. The zero-order valence-corrected chi connectivity index (χ0v) is 10.2. The third kappa shape index (κ3) is 1.40. The highest BCUT2D eigenvalue weighted by molar-refractivity contribution is 5.75. The Morgan fingerprint density at radius 1 is 1.47 bits per heavy atom. The first kappa shape index (κ1) is 10.7. The molecule has 2 N–H and O–H groups in total. The smallest absolute Gasteiger partial charge is 0.117 e. The van der Waals surface area contributed by atoms with E-state index in [4.69, 9.17) is 10.7 Å². The van der Waals surface area contributed by atoms with Crippen LogP contribution in [-0.4, -0.2) is 21.1 Å². The highest BCUT2D eigenvalue weighted by atomic mass is 15.1. The number of nitrogens with zero attached hydrogens (tertiary/aromatic N) is 3. The van der Waals surface area contributed by atoms with Gasteiger partial charge in [-0.1, -0.05) is 6.42 Å². The Bertz CT molecular complexity index is 534. The number of fused-ring (bicyclic) bond motifs is 1. The third-order valence-electron chi connectivity index (χ3n) is 4.04. The molecule has 1 fully saturated rings. The fraction of sp³-hybridized carbons (Fsp3) is 0.538. The van der Waals surface area contributed by atoms with Crippen LogP contribution in [0.1, 0.15) is 32.0 Å². The molecule has 2 heterocycles. The maximum Gasteiger partial charge on any atom is 0.117 e. The predicted molar refractivity (Wildman–Crippen MR) is 67.8 cm³/mol. The summed E-state index contributed by atoms with van der Waals surface area (Å²) in [6.45, 7) is 3.80. The quantitative estimate of drug-likeness (QED) is 0.875. The second-order valence-electron chi connectivity index (χ2n) is 4.88. The molecule has 0 amide bonds. The van der Waals surface area contributed by atoms with E-state index in [1.165, 1.54) is 24.8 Å². The van der Waals surface area contributed by atoms with Crippen molar-refractivity contribution in [2.24, 2.45) is 5.73 Å². The van der Waals surface area contributed by atoms with E-state index < -0.39 is 0 Å². The van der Waals surface area contributed by atoms with Gasteiger partial charge in [0.25, 0.3) is 0 Å². The number of pyridine rings is 1. The summed E-state index contributed by atoms with van der Waals surface area (Å²) in [6.07, 6.45) is 7.27. The van der Waals surface area contributed by atoms with Crippen LogP contribution < -0.4 is 5.73 Å². The molecular weight excluding hydrogens is 212 g/mol. The van der Waals surface area contributed by atoms with E-state index in [1.54, 1.807) is 0 Å². The molecule has 0 unspecified atom stereocenters. The molecule has 0 radical (unpaired) electrons. The van der Waals surface area contributed by atoms with Gasteiger partial charge in [-0.05, 0) is 25.8 Å². The number of imidazole rings is 1. The number of aromatic nitrogens is 3. The van der Waals surface area contributed by atoms with Gasteiger partial charge in [0.1, 0.15) is 11.3 Å². The molecule has 2 aromatic heterocycles. The Morgan fingerprint density at radius 2 is 2.29 bits per heavy atom. The van der Waals surface area contributed by atoms with E-state index >= 15 is 0 Å². The van der Waals surface area contributed by atoms with Crippen molar-refractivity contribution in [3.05, 3.63) is 24.3 Å². The first-order valence-corrected chi connectivity index (χ1v) is 6.31. The van der Waals surface area contributed by atoms with Gasteiger partial charge in [0.05, 0.1) is 11.7 Å². The molecule has 0 bridgehead atoms. The Balaban J connectivity index is 2.22. The van der Waals surface area contributed by atoms with Crippen LogP contribution in [0, 0.1) is 0 Å². The van der Waals surface area contributed by atoms with Crippen LogP contribution >= 0.6 is 0 Å². The average Bonchev–Trinajstić information content (AvgIpc) is 2.67. The first-order valence-electron chi connectivity index (χ1n) is 6.31. The average molecular weight is 230 g/mol. The molecule has 4 nitrogen and oxygen atoms in total. The largest absolute Gasteiger partial charge is 0.329 e. The molecule has 1 aliphatic carbocycles. The van der Waals surface area contributed by atoms with Gasteiger partial charge in [-0.3, -0.25) is 4.98 Å². The molecule has 0 saturated heterocycles. The lowest BCUT2D eigenvalue weighted by atomic mass is 9.68. The summed E-state index contributed by atoms with van der Waals surface area (Å²) in [5, 5.41) is 0. The minimum Gasteiger partial charge on any atom is -0.329 e. The molecule has 3 rings (SSSR count). The van der Waals surface area contributed by atoms with Gasteiger partial charge < -0.3 is 10.3 Å². The summed E-state index contributed by atoms with van der Waals surface area (Å²) in [5.74, 6) is 1.16. The summed E-state index contributed by atoms with van der Waals surface area (Å²) >= 11 is 0. The normalized spacial score (nSPS) is 18.2. The molecule has 0 spiro atoms. The number of hydrogen-bond donors (Lipinski definition) is 1. The number of aryl methyl sites for hydroxylation is 1. The molecule has 17 heavy (non-hydrogen) atoms. The standard InChI is InChI=1S/C13H18N4/c1-2-17-11-4-7-15-8-10(11)16-12(17)13(9-14)5-3-6-13/h4,7-8H,2-3,5-6,9,14H2,1H3. The third-order valence-corrected chi connectivity index (χ3v) is 4.04. The van der Waals surface area contributed by atoms with Crippen molar-refractivity contribution in [1.82, 2.24) is 14.5 Å². The van der Waals surface area contributed by atoms with Crippen LogP contribution in [0.4, 0.5) is 0 Å². The second kappa shape index (κ2) is 3.81. The molecule has 0 atom stereocenters. The zero-order chi connectivity index (χ0) is 11.9. The summed E-state index contributed by atoms with van der Waals surface area (Å²) in [5.41, 5.74) is 8.27. The second-order valence-corrected chi connectivity index (χ2v) is 4.88. The monoisotopic (exact) mass is 230 g/mol. The van der Waals surface area contributed by atoms with Gasteiger partial charge >= 0.3 is 0 Å². The molecule has 1 saturated carbocycles. The molecule has 90 valence electrons. The first-order chi connectivity index (χ1) is 8.30. The van der Waals surface area contributed by atoms with E-state index in [0.717, 1.165) is 17.9 Å². The van der Waals surface area contributed by atoms with Gasteiger partial charge in [0.2, 0.25) is 0 Å². The van der Waals surface area contributed by atoms with Crippen molar-refractivity contribution in [3.8, 4) is 0 Å². The van der Waals surface area contributed by atoms with E-state index in [2.05, 4.69) is 16.5 Å². The minimum atomic E-state index is 0.120. The van der Waals surface area contributed by atoms with Crippen LogP contribution in [0.3, 0.4) is 0 Å². The van der Waals surface area contributed by atoms with Crippen molar-refractivity contribution in [2.75, 3.05) is 6.54 Å². The van der Waals surface area contributed by atoms with E-state index in [9.17, 15) is 0 Å². The maximum atomic E-state index is 5.98. The number of hydrogen-bond acceptors (Lipinski definition) is 3. The molecule has 1 aliphatic rings. The van der Waals surface area contributed by atoms with Crippen LogP contribution in [0.2, 0.25) is 0 Å². The lowest BCUT2D eigenvalue weighted by molar-refractivity contribution is 0.231. The Morgan fingerprint density at radius 3 is 2.88 bits per heavy atom. The van der Waals surface area contributed by atoms with Crippen LogP contribution in [0.5, 0.6) is 0 Å². The molecule has 2 aromatic rings.